The Morgan fingerprint density at radius 1 is 1.33 bits per heavy atom. The van der Waals surface area contributed by atoms with Crippen LogP contribution in [0.1, 0.15) is 10.4 Å². The lowest BCUT2D eigenvalue weighted by atomic mass is 10.2. The van der Waals surface area contributed by atoms with Crippen molar-refractivity contribution in [2.75, 3.05) is 0 Å². The van der Waals surface area contributed by atoms with Crippen LogP contribution in [0.3, 0.4) is 0 Å². The molecule has 0 unspecified atom stereocenters. The molecule has 0 aliphatic carbocycles. The normalized spacial score (nSPS) is 10.7. The van der Waals surface area contributed by atoms with E-state index in [4.69, 9.17) is 0 Å². The summed E-state index contributed by atoms with van der Waals surface area (Å²) in [6.07, 6.45) is 3.00. The molecule has 1 N–H and O–H groups in total. The summed E-state index contributed by atoms with van der Waals surface area (Å²) in [5, 5.41) is 4.72. The highest BCUT2D eigenvalue weighted by Gasteiger charge is 1.97. The number of thiophene rings is 1. The number of hydrogen-bond donors (Lipinski definition) is 1. The Balaban J connectivity index is 1.87. The maximum Gasteiger partial charge on any atom is 0.244 e. The number of carbonyl (C=O) groups is 1. The van der Waals surface area contributed by atoms with Gasteiger partial charge >= 0.3 is 0 Å². The van der Waals surface area contributed by atoms with Crippen molar-refractivity contribution in [1.29, 1.82) is 0 Å². The smallest absolute Gasteiger partial charge is 0.244 e. The quantitative estimate of drug-likeness (QED) is 0.841. The average molecular weight is 261 g/mol. The number of amides is 1. The molecule has 1 amide bonds. The third kappa shape index (κ3) is 3.82. The molecule has 18 heavy (non-hydrogen) atoms. The highest BCUT2D eigenvalue weighted by atomic mass is 32.1. The van der Waals surface area contributed by atoms with Gasteiger partial charge in [0.05, 0.1) is 6.54 Å². The summed E-state index contributed by atoms with van der Waals surface area (Å²) in [6.45, 7) is 0.518. The highest BCUT2D eigenvalue weighted by Crippen LogP contribution is 2.08. The Morgan fingerprint density at radius 3 is 2.94 bits per heavy atom. The molecule has 0 spiro atoms. The van der Waals surface area contributed by atoms with Gasteiger partial charge in [0.25, 0.3) is 0 Å². The summed E-state index contributed by atoms with van der Waals surface area (Å²) in [5.41, 5.74) is 0.668. The molecule has 2 rings (SSSR count). The van der Waals surface area contributed by atoms with E-state index in [-0.39, 0.29) is 11.7 Å². The number of benzene rings is 1. The van der Waals surface area contributed by atoms with Gasteiger partial charge in [-0.15, -0.1) is 11.3 Å². The molecule has 1 aromatic heterocycles. The van der Waals surface area contributed by atoms with Crippen LogP contribution in [0.4, 0.5) is 4.39 Å². The van der Waals surface area contributed by atoms with Crippen molar-refractivity contribution in [2.45, 2.75) is 6.54 Å². The highest BCUT2D eigenvalue weighted by molar-refractivity contribution is 7.09. The van der Waals surface area contributed by atoms with Crippen LogP contribution >= 0.6 is 11.3 Å². The second-order valence-corrected chi connectivity index (χ2v) is 4.72. The fourth-order valence-electron chi connectivity index (χ4n) is 1.43. The lowest BCUT2D eigenvalue weighted by Gasteiger charge is -1.99. The molecule has 2 nitrogen and oxygen atoms in total. The van der Waals surface area contributed by atoms with Crippen LogP contribution in [0.5, 0.6) is 0 Å². The summed E-state index contributed by atoms with van der Waals surface area (Å²) in [5.74, 6) is -0.496. The molecule has 4 heteroatoms. The minimum atomic E-state index is -0.309. The first kappa shape index (κ1) is 12.5. The minimum absolute atomic E-state index is 0.187. The van der Waals surface area contributed by atoms with Gasteiger partial charge in [0.1, 0.15) is 5.82 Å². The summed E-state index contributed by atoms with van der Waals surface area (Å²) < 4.78 is 12.9. The molecule has 1 heterocycles. The first-order valence-electron chi connectivity index (χ1n) is 5.48. The van der Waals surface area contributed by atoms with Gasteiger partial charge in [-0.05, 0) is 35.2 Å². The molecule has 0 saturated heterocycles. The van der Waals surface area contributed by atoms with Crippen LogP contribution in [-0.2, 0) is 11.3 Å². The number of halogens is 1. The topological polar surface area (TPSA) is 29.1 Å². The molecule has 0 saturated carbocycles. The number of rotatable bonds is 4. The van der Waals surface area contributed by atoms with Gasteiger partial charge in [-0.25, -0.2) is 4.39 Å². The molecular weight excluding hydrogens is 249 g/mol. The summed E-state index contributed by atoms with van der Waals surface area (Å²) >= 11 is 1.59. The van der Waals surface area contributed by atoms with Crippen molar-refractivity contribution in [2.24, 2.45) is 0 Å². The predicted molar refractivity (Wildman–Crippen MR) is 71.6 cm³/mol. The second-order valence-electron chi connectivity index (χ2n) is 3.69. The first-order valence-corrected chi connectivity index (χ1v) is 6.36. The van der Waals surface area contributed by atoms with Crippen molar-refractivity contribution in [3.63, 3.8) is 0 Å². The largest absolute Gasteiger partial charge is 0.348 e. The van der Waals surface area contributed by atoms with Crippen molar-refractivity contribution >= 4 is 23.3 Å². The van der Waals surface area contributed by atoms with E-state index >= 15 is 0 Å². The van der Waals surface area contributed by atoms with Gasteiger partial charge in [-0.3, -0.25) is 4.79 Å². The van der Waals surface area contributed by atoms with Gasteiger partial charge in [-0.1, -0.05) is 18.2 Å². The van der Waals surface area contributed by atoms with E-state index in [1.54, 1.807) is 29.5 Å². The first-order chi connectivity index (χ1) is 8.74. The molecule has 0 fully saturated rings. The average Bonchev–Trinajstić information content (AvgIpc) is 2.87. The maximum absolute atomic E-state index is 12.9. The monoisotopic (exact) mass is 261 g/mol. The van der Waals surface area contributed by atoms with Crippen molar-refractivity contribution in [3.8, 4) is 0 Å². The van der Waals surface area contributed by atoms with Crippen LogP contribution < -0.4 is 5.32 Å². The molecule has 92 valence electrons. The Morgan fingerprint density at radius 2 is 2.22 bits per heavy atom. The minimum Gasteiger partial charge on any atom is -0.348 e. The zero-order valence-electron chi connectivity index (χ0n) is 9.60. The van der Waals surface area contributed by atoms with Crippen LogP contribution in [-0.4, -0.2) is 5.91 Å². The van der Waals surface area contributed by atoms with E-state index < -0.39 is 0 Å². The summed E-state index contributed by atoms with van der Waals surface area (Å²) in [7, 11) is 0. The molecule has 0 atom stereocenters. The van der Waals surface area contributed by atoms with Gasteiger partial charge in [0.15, 0.2) is 0 Å². The van der Waals surface area contributed by atoms with Gasteiger partial charge in [0.2, 0.25) is 5.91 Å². The molecule has 0 radical (unpaired) electrons. The van der Waals surface area contributed by atoms with E-state index in [0.717, 1.165) is 4.88 Å². The fourth-order valence-corrected chi connectivity index (χ4v) is 2.07. The van der Waals surface area contributed by atoms with Crippen molar-refractivity contribution in [3.05, 3.63) is 64.1 Å². The van der Waals surface area contributed by atoms with E-state index in [2.05, 4.69) is 5.32 Å². The van der Waals surface area contributed by atoms with E-state index in [1.807, 2.05) is 17.5 Å². The third-order valence-corrected chi connectivity index (χ3v) is 3.17. The lowest BCUT2D eigenvalue weighted by molar-refractivity contribution is -0.116. The van der Waals surface area contributed by atoms with Crippen LogP contribution in [0.25, 0.3) is 6.08 Å². The SMILES string of the molecule is O=C(/C=C/c1cccc(F)c1)NCc1cccs1. The van der Waals surface area contributed by atoms with Crippen molar-refractivity contribution in [1.82, 2.24) is 5.32 Å². The van der Waals surface area contributed by atoms with Gasteiger partial charge in [0, 0.05) is 11.0 Å². The Hall–Kier alpha value is -1.94. The van der Waals surface area contributed by atoms with Gasteiger partial charge < -0.3 is 5.32 Å². The number of carbonyl (C=O) groups excluding carboxylic acids is 1. The third-order valence-electron chi connectivity index (χ3n) is 2.29. The number of hydrogen-bond acceptors (Lipinski definition) is 2. The second kappa shape index (κ2) is 6.12. The zero-order valence-corrected chi connectivity index (χ0v) is 10.4. The van der Waals surface area contributed by atoms with Crippen LogP contribution in [0.15, 0.2) is 47.9 Å². The molecular formula is C14H12FNOS. The summed E-state index contributed by atoms with van der Waals surface area (Å²) in [4.78, 5) is 12.6. The Kier molecular flexibility index (Phi) is 4.25. The number of nitrogens with one attached hydrogen (secondary N) is 1. The lowest BCUT2D eigenvalue weighted by Crippen LogP contribution is -2.19. The molecule has 0 bridgehead atoms. The standard InChI is InChI=1S/C14H12FNOS/c15-12-4-1-3-11(9-12)6-7-14(17)16-10-13-5-2-8-18-13/h1-9H,10H2,(H,16,17)/b7-6+. The molecule has 0 aliphatic rings. The Bertz CT molecular complexity index is 549. The predicted octanol–water partition coefficient (Wildman–Crippen LogP) is 3.22. The van der Waals surface area contributed by atoms with Gasteiger partial charge in [-0.2, -0.15) is 0 Å². The van der Waals surface area contributed by atoms with E-state index in [0.29, 0.717) is 12.1 Å². The maximum atomic E-state index is 12.9. The summed E-state index contributed by atoms with van der Waals surface area (Å²) in [6, 6.07) is 10.00. The molecule has 2 aromatic rings. The van der Waals surface area contributed by atoms with E-state index in [9.17, 15) is 9.18 Å². The van der Waals surface area contributed by atoms with E-state index in [1.165, 1.54) is 18.2 Å². The molecule has 0 aliphatic heterocycles. The zero-order chi connectivity index (χ0) is 12.8. The fraction of sp³-hybridized carbons (Fsp3) is 0.0714. The van der Waals surface area contributed by atoms with Crippen LogP contribution in [0, 0.1) is 5.82 Å². The Labute approximate surface area is 109 Å². The van der Waals surface area contributed by atoms with Crippen LogP contribution in [0.2, 0.25) is 0 Å². The molecule has 1 aromatic carbocycles. The van der Waals surface area contributed by atoms with Crippen molar-refractivity contribution < 1.29 is 9.18 Å².